The van der Waals surface area contributed by atoms with E-state index in [0.29, 0.717) is 22.3 Å². The van der Waals surface area contributed by atoms with Crippen LogP contribution in [0.5, 0.6) is 11.5 Å². The first-order valence-electron chi connectivity index (χ1n) is 7.65. The number of hydrogen-bond donors (Lipinski definition) is 3. The molecule has 0 saturated carbocycles. The number of fused-ring (bicyclic) bond motifs is 1. The fourth-order valence-electron chi connectivity index (χ4n) is 2.58. The molecule has 0 spiro atoms. The highest BCUT2D eigenvalue weighted by molar-refractivity contribution is 6.03. The topological polar surface area (TPSA) is 94.4 Å². The molecular formula is C16H25ClN4O4. The zero-order chi connectivity index (χ0) is 17.7. The minimum absolute atomic E-state index is 0. The number of ether oxygens (including phenoxy) is 2. The van der Waals surface area contributed by atoms with E-state index in [0.717, 1.165) is 19.5 Å². The molecule has 1 atom stereocenters. The highest BCUT2D eigenvalue weighted by atomic mass is 35.5. The lowest BCUT2D eigenvalue weighted by Crippen LogP contribution is -2.99. The van der Waals surface area contributed by atoms with E-state index < -0.39 is 5.23 Å². The number of nitrogens with zero attached hydrogens (tertiary/aromatic N) is 2. The van der Waals surface area contributed by atoms with Gasteiger partial charge >= 0.3 is 0 Å². The number of aromatic nitrogens is 1. The average molecular weight is 373 g/mol. The number of quaternary nitrogens is 1. The Bertz CT molecular complexity index is 697. The van der Waals surface area contributed by atoms with Crippen molar-refractivity contribution >= 4 is 34.7 Å². The largest absolute Gasteiger partial charge is 0.595 e. The van der Waals surface area contributed by atoms with Crippen LogP contribution in [-0.4, -0.2) is 56.5 Å². The van der Waals surface area contributed by atoms with E-state index in [9.17, 15) is 10.4 Å². The summed E-state index contributed by atoms with van der Waals surface area (Å²) in [6.07, 6.45) is 2.57. The van der Waals surface area contributed by atoms with Gasteiger partial charge in [-0.25, -0.2) is 5.21 Å². The molecule has 0 fully saturated rings. The van der Waals surface area contributed by atoms with E-state index in [-0.39, 0.29) is 23.8 Å². The number of methoxy groups -OCH3 is 2. The monoisotopic (exact) mass is 372 g/mol. The summed E-state index contributed by atoms with van der Waals surface area (Å²) < 4.78 is 10.6. The summed E-state index contributed by atoms with van der Waals surface area (Å²) >= 11 is 0. The summed E-state index contributed by atoms with van der Waals surface area (Å²) in [4.78, 5) is 6.39. The molecule has 25 heavy (non-hydrogen) atoms. The third-order valence-corrected chi connectivity index (χ3v) is 3.69. The Balaban J connectivity index is 0.00000312. The number of nitrogens with one attached hydrogen (secondary N) is 2. The molecule has 1 heterocycles. The number of pyridine rings is 1. The van der Waals surface area contributed by atoms with Crippen LogP contribution < -0.4 is 20.0 Å². The van der Waals surface area contributed by atoms with Crippen molar-refractivity contribution in [1.29, 1.82) is 0 Å². The van der Waals surface area contributed by atoms with Crippen LogP contribution in [0.25, 0.3) is 10.9 Å². The van der Waals surface area contributed by atoms with Gasteiger partial charge in [-0.3, -0.25) is 4.98 Å². The normalized spacial score (nSPS) is 12.0. The predicted octanol–water partition coefficient (Wildman–Crippen LogP) is 1.44. The third kappa shape index (κ3) is 4.83. The number of rotatable bonds is 8. The van der Waals surface area contributed by atoms with Gasteiger partial charge in [-0.2, -0.15) is 5.23 Å². The van der Waals surface area contributed by atoms with Crippen LogP contribution in [-0.2, 0) is 0 Å². The van der Waals surface area contributed by atoms with Crippen molar-refractivity contribution in [2.75, 3.05) is 46.7 Å². The van der Waals surface area contributed by atoms with E-state index >= 15 is 0 Å². The zero-order valence-corrected chi connectivity index (χ0v) is 15.6. The first kappa shape index (κ1) is 21.2. The Morgan fingerprint density at radius 1 is 1.28 bits per heavy atom. The molecule has 9 heteroatoms. The second-order valence-electron chi connectivity index (χ2n) is 5.63. The van der Waals surface area contributed by atoms with Gasteiger partial charge in [0.2, 0.25) is 5.69 Å². The van der Waals surface area contributed by atoms with Crippen LogP contribution in [0.15, 0.2) is 18.3 Å². The van der Waals surface area contributed by atoms with Crippen LogP contribution in [0, 0.1) is 5.21 Å². The second kappa shape index (κ2) is 9.59. The molecule has 0 saturated heterocycles. The lowest BCUT2D eigenvalue weighted by Gasteiger charge is -2.20. The Labute approximate surface area is 153 Å². The van der Waals surface area contributed by atoms with Gasteiger partial charge in [0, 0.05) is 18.8 Å². The number of halogens is 1. The molecule has 3 N–H and O–H groups in total. The van der Waals surface area contributed by atoms with Crippen molar-refractivity contribution in [3.63, 3.8) is 0 Å². The van der Waals surface area contributed by atoms with Crippen molar-refractivity contribution < 1.29 is 19.9 Å². The first-order chi connectivity index (χ1) is 11.5. The zero-order valence-electron chi connectivity index (χ0n) is 14.8. The Hall–Kier alpha value is -1.84. The Morgan fingerprint density at radius 2 is 1.96 bits per heavy atom. The maximum absolute atomic E-state index is 11.8. The molecule has 1 aromatic carbocycles. The average Bonchev–Trinajstić information content (AvgIpc) is 2.56. The van der Waals surface area contributed by atoms with Gasteiger partial charge in [0.25, 0.3) is 0 Å². The molecule has 0 bridgehead atoms. The Kier molecular flexibility index (Phi) is 8.14. The summed E-state index contributed by atoms with van der Waals surface area (Å²) in [7, 11) is 6.99. The van der Waals surface area contributed by atoms with Gasteiger partial charge in [0.15, 0.2) is 5.75 Å². The van der Waals surface area contributed by atoms with Crippen LogP contribution >= 0.6 is 12.4 Å². The fraction of sp³-hybridized carbons (Fsp3) is 0.438. The first-order valence-corrected chi connectivity index (χ1v) is 7.65. The lowest BCUT2D eigenvalue weighted by atomic mass is 10.1. The second-order valence-corrected chi connectivity index (χ2v) is 5.63. The van der Waals surface area contributed by atoms with E-state index in [2.05, 4.69) is 15.2 Å². The van der Waals surface area contributed by atoms with Gasteiger partial charge in [0.05, 0.1) is 25.3 Å². The summed E-state index contributed by atoms with van der Waals surface area (Å²) in [6.45, 7) is 1.66. The molecule has 0 aliphatic carbocycles. The fourth-order valence-corrected chi connectivity index (χ4v) is 2.58. The minimum atomic E-state index is -1.07. The van der Waals surface area contributed by atoms with Gasteiger partial charge in [-0.15, -0.1) is 12.4 Å². The summed E-state index contributed by atoms with van der Waals surface area (Å²) in [5.41, 5.74) is 1.28. The molecule has 0 aliphatic rings. The van der Waals surface area contributed by atoms with Gasteiger partial charge < -0.3 is 24.9 Å². The van der Waals surface area contributed by atoms with Crippen LogP contribution in [0.4, 0.5) is 11.4 Å². The molecule has 0 aliphatic heterocycles. The molecule has 0 amide bonds. The molecule has 2 rings (SSSR count). The standard InChI is InChI=1S/C16H24N4O4.ClH/c1-19(2)9-5-7-17-11-6-8-18-15-12(23-3)10-13(24-4)16(14(11)15)20(21)22;/h6,8,10,20-21H,5,7,9H2,1-4H3,(H,17,18);1H. The lowest BCUT2D eigenvalue weighted by molar-refractivity contribution is -0.990. The summed E-state index contributed by atoms with van der Waals surface area (Å²) in [5, 5.41) is 24.2. The molecule has 2 aromatic rings. The van der Waals surface area contributed by atoms with E-state index in [1.54, 1.807) is 18.3 Å². The molecule has 140 valence electrons. The number of benzene rings is 1. The minimum Gasteiger partial charge on any atom is -0.595 e. The highest BCUT2D eigenvalue weighted by Crippen LogP contribution is 2.40. The quantitative estimate of drug-likeness (QED) is 0.476. The summed E-state index contributed by atoms with van der Waals surface area (Å²) in [6, 6.07) is 3.32. The Morgan fingerprint density at radius 3 is 2.52 bits per heavy atom. The van der Waals surface area contributed by atoms with Crippen molar-refractivity contribution in [2.45, 2.75) is 6.42 Å². The maximum Gasteiger partial charge on any atom is 0.218 e. The summed E-state index contributed by atoms with van der Waals surface area (Å²) in [5.74, 6) is 0.722. The number of hydrogen-bond acceptors (Lipinski definition) is 7. The molecule has 0 radical (unpaired) electrons. The van der Waals surface area contributed by atoms with Crippen LogP contribution in [0.2, 0.25) is 0 Å². The predicted molar refractivity (Wildman–Crippen MR) is 99.5 cm³/mol. The van der Waals surface area contributed by atoms with Crippen molar-refractivity contribution in [2.24, 2.45) is 0 Å². The van der Waals surface area contributed by atoms with Crippen LogP contribution in [0.1, 0.15) is 6.42 Å². The van der Waals surface area contributed by atoms with E-state index in [1.165, 1.54) is 14.2 Å². The number of anilines is 1. The van der Waals surface area contributed by atoms with E-state index in [4.69, 9.17) is 9.47 Å². The van der Waals surface area contributed by atoms with Gasteiger partial charge in [-0.1, -0.05) is 0 Å². The van der Waals surface area contributed by atoms with Crippen molar-refractivity contribution in [3.8, 4) is 11.5 Å². The third-order valence-electron chi connectivity index (χ3n) is 3.69. The molecule has 1 aromatic heterocycles. The van der Waals surface area contributed by atoms with Gasteiger partial charge in [-0.05, 0) is 33.1 Å². The van der Waals surface area contributed by atoms with Gasteiger partial charge in [0.1, 0.15) is 11.3 Å². The van der Waals surface area contributed by atoms with Crippen molar-refractivity contribution in [1.82, 2.24) is 9.88 Å². The smallest absolute Gasteiger partial charge is 0.218 e. The maximum atomic E-state index is 11.8. The van der Waals surface area contributed by atoms with Crippen molar-refractivity contribution in [3.05, 3.63) is 23.5 Å². The molecule has 8 nitrogen and oxygen atoms in total. The van der Waals surface area contributed by atoms with E-state index in [1.807, 2.05) is 14.1 Å². The SMILES string of the molecule is COc1cc(OC)c2nccc(NCCCN(C)C)c2c1[NH+]([O-])O.Cl. The highest BCUT2D eigenvalue weighted by Gasteiger charge is 2.22. The molecular weight excluding hydrogens is 348 g/mol. The molecule has 1 unspecified atom stereocenters. The van der Waals surface area contributed by atoms with Crippen LogP contribution in [0.3, 0.4) is 0 Å².